The van der Waals surface area contributed by atoms with E-state index in [-0.39, 0.29) is 5.56 Å². The van der Waals surface area contributed by atoms with Crippen molar-refractivity contribution < 1.29 is 13.9 Å². The summed E-state index contributed by atoms with van der Waals surface area (Å²) in [5, 5.41) is 8.95. The second kappa shape index (κ2) is 4.78. The van der Waals surface area contributed by atoms with Crippen molar-refractivity contribution in [2.45, 2.75) is 25.9 Å². The van der Waals surface area contributed by atoms with Crippen LogP contribution in [0.25, 0.3) is 0 Å². The van der Waals surface area contributed by atoms with Gasteiger partial charge in [-0.1, -0.05) is 0 Å². The Morgan fingerprint density at radius 1 is 1.06 bits per heavy atom. The third-order valence-electron chi connectivity index (χ3n) is 2.98. The zero-order valence-electron chi connectivity index (χ0n) is 9.05. The highest BCUT2D eigenvalue weighted by Crippen LogP contribution is 2.26. The van der Waals surface area contributed by atoms with Crippen molar-refractivity contribution in [1.82, 2.24) is 0 Å². The Balaban J connectivity index is 2.31. The van der Waals surface area contributed by atoms with Gasteiger partial charge in [0.15, 0.2) is 0 Å². The molecule has 2 rings (SSSR count). The Kier molecular flexibility index (Phi) is 3.39. The molecule has 0 atom stereocenters. The lowest BCUT2D eigenvalue weighted by atomic mass is 10.1. The predicted octanol–water partition coefficient (Wildman–Crippen LogP) is 2.45. The summed E-state index contributed by atoms with van der Waals surface area (Å²) in [5.74, 6) is -1.22. The summed E-state index contributed by atoms with van der Waals surface area (Å²) < 4.78 is 26.8. The molecule has 1 saturated heterocycles. The van der Waals surface area contributed by atoms with Crippen molar-refractivity contribution in [2.75, 3.05) is 18.0 Å². The van der Waals surface area contributed by atoms with E-state index in [1.807, 2.05) is 4.90 Å². The maximum absolute atomic E-state index is 13.6. The molecule has 2 nitrogen and oxygen atoms in total. The maximum Gasteiger partial charge on any atom is 0.149 e. The molecule has 0 spiro atoms. The van der Waals surface area contributed by atoms with Crippen LogP contribution < -0.4 is 4.90 Å². The van der Waals surface area contributed by atoms with Crippen LogP contribution in [0, 0.1) is 11.6 Å². The zero-order chi connectivity index (χ0) is 11.5. The van der Waals surface area contributed by atoms with Crippen LogP contribution in [0.2, 0.25) is 0 Å². The van der Waals surface area contributed by atoms with Crippen LogP contribution in [-0.2, 0) is 6.61 Å². The zero-order valence-corrected chi connectivity index (χ0v) is 9.05. The number of benzene rings is 1. The van der Waals surface area contributed by atoms with E-state index in [4.69, 9.17) is 5.11 Å². The summed E-state index contributed by atoms with van der Waals surface area (Å²) >= 11 is 0. The number of nitrogens with zero attached hydrogens (tertiary/aromatic N) is 1. The molecule has 4 heteroatoms. The molecule has 1 aromatic rings. The van der Waals surface area contributed by atoms with Crippen molar-refractivity contribution in [3.8, 4) is 0 Å². The number of hydrogen-bond acceptors (Lipinski definition) is 2. The minimum Gasteiger partial charge on any atom is -0.392 e. The molecule has 1 aliphatic heterocycles. The number of halogens is 2. The molecule has 0 bridgehead atoms. The average Bonchev–Trinajstić information content (AvgIpc) is 2.30. The van der Waals surface area contributed by atoms with Crippen LogP contribution in [0.5, 0.6) is 0 Å². The molecule has 0 amide bonds. The Bertz CT molecular complexity index is 376. The van der Waals surface area contributed by atoms with Gasteiger partial charge < -0.3 is 10.0 Å². The van der Waals surface area contributed by atoms with Crippen LogP contribution in [0.1, 0.15) is 24.8 Å². The number of anilines is 1. The van der Waals surface area contributed by atoms with Gasteiger partial charge >= 0.3 is 0 Å². The average molecular weight is 227 g/mol. The van der Waals surface area contributed by atoms with Crippen molar-refractivity contribution >= 4 is 5.69 Å². The van der Waals surface area contributed by atoms with Gasteiger partial charge in [-0.15, -0.1) is 0 Å². The largest absolute Gasteiger partial charge is 0.392 e. The number of aliphatic hydroxyl groups excluding tert-OH is 1. The van der Waals surface area contributed by atoms with Crippen molar-refractivity contribution in [2.24, 2.45) is 0 Å². The summed E-state index contributed by atoms with van der Waals surface area (Å²) in [6.45, 7) is 1.20. The van der Waals surface area contributed by atoms with E-state index >= 15 is 0 Å². The van der Waals surface area contributed by atoms with Gasteiger partial charge in [-0.25, -0.2) is 8.78 Å². The lowest BCUT2D eigenvalue weighted by molar-refractivity contribution is 0.275. The highest BCUT2D eigenvalue weighted by atomic mass is 19.1. The number of piperidine rings is 1. The molecule has 88 valence electrons. The van der Waals surface area contributed by atoms with E-state index in [1.165, 1.54) is 6.07 Å². The maximum atomic E-state index is 13.6. The third-order valence-corrected chi connectivity index (χ3v) is 2.98. The standard InChI is InChI=1S/C12H15F2NO/c13-10-7-11(14)12(6-9(10)8-16)15-4-2-1-3-5-15/h6-7,16H,1-5,8H2. The number of aliphatic hydroxyl groups is 1. The lowest BCUT2D eigenvalue weighted by Crippen LogP contribution is -2.30. The first kappa shape index (κ1) is 11.3. The first-order valence-electron chi connectivity index (χ1n) is 5.56. The molecule has 1 aliphatic rings. The Labute approximate surface area is 93.5 Å². The summed E-state index contributed by atoms with van der Waals surface area (Å²) in [4.78, 5) is 1.91. The normalized spacial score (nSPS) is 16.6. The van der Waals surface area contributed by atoms with Gasteiger partial charge in [-0.2, -0.15) is 0 Å². The van der Waals surface area contributed by atoms with Gasteiger partial charge in [0.1, 0.15) is 11.6 Å². The topological polar surface area (TPSA) is 23.5 Å². The van der Waals surface area contributed by atoms with Crippen LogP contribution in [0.15, 0.2) is 12.1 Å². The van der Waals surface area contributed by atoms with Crippen LogP contribution in [-0.4, -0.2) is 18.2 Å². The third kappa shape index (κ3) is 2.16. The summed E-state index contributed by atoms with van der Waals surface area (Å²) in [7, 11) is 0. The SMILES string of the molecule is OCc1cc(N2CCCCC2)c(F)cc1F. The molecule has 1 aromatic carbocycles. The molecule has 0 radical (unpaired) electrons. The molecule has 1 fully saturated rings. The van der Waals surface area contributed by atoms with Gasteiger partial charge in [-0.05, 0) is 25.3 Å². The highest BCUT2D eigenvalue weighted by molar-refractivity contribution is 5.50. The second-order valence-electron chi connectivity index (χ2n) is 4.10. The van der Waals surface area contributed by atoms with E-state index < -0.39 is 18.2 Å². The first-order chi connectivity index (χ1) is 7.72. The van der Waals surface area contributed by atoms with Crippen LogP contribution >= 0.6 is 0 Å². The van der Waals surface area contributed by atoms with Crippen molar-refractivity contribution in [3.05, 3.63) is 29.3 Å². The monoisotopic (exact) mass is 227 g/mol. The van der Waals surface area contributed by atoms with E-state index in [2.05, 4.69) is 0 Å². The quantitative estimate of drug-likeness (QED) is 0.838. The Hall–Kier alpha value is -1.16. The van der Waals surface area contributed by atoms with E-state index in [0.29, 0.717) is 5.69 Å². The molecular weight excluding hydrogens is 212 g/mol. The smallest absolute Gasteiger partial charge is 0.149 e. The van der Waals surface area contributed by atoms with Gasteiger partial charge in [0.25, 0.3) is 0 Å². The molecule has 0 aliphatic carbocycles. The Morgan fingerprint density at radius 3 is 2.38 bits per heavy atom. The summed E-state index contributed by atoms with van der Waals surface area (Å²) in [6.07, 6.45) is 3.22. The molecule has 0 aromatic heterocycles. The van der Waals surface area contributed by atoms with E-state index in [9.17, 15) is 8.78 Å². The number of hydrogen-bond donors (Lipinski definition) is 1. The second-order valence-corrected chi connectivity index (χ2v) is 4.10. The highest BCUT2D eigenvalue weighted by Gasteiger charge is 2.17. The Morgan fingerprint density at radius 2 is 1.75 bits per heavy atom. The van der Waals surface area contributed by atoms with Crippen molar-refractivity contribution in [1.29, 1.82) is 0 Å². The minimum atomic E-state index is -0.680. The molecule has 16 heavy (non-hydrogen) atoms. The fraction of sp³-hybridized carbons (Fsp3) is 0.500. The molecule has 0 unspecified atom stereocenters. The predicted molar refractivity (Wildman–Crippen MR) is 58.3 cm³/mol. The summed E-state index contributed by atoms with van der Waals surface area (Å²) in [6, 6.07) is 2.27. The molecule has 0 saturated carbocycles. The van der Waals surface area contributed by atoms with Gasteiger partial charge in [0.2, 0.25) is 0 Å². The van der Waals surface area contributed by atoms with Crippen LogP contribution in [0.3, 0.4) is 0 Å². The molecule has 1 N–H and O–H groups in total. The summed E-state index contributed by atoms with van der Waals surface area (Å²) in [5.41, 5.74) is 0.562. The first-order valence-corrected chi connectivity index (χ1v) is 5.56. The molecular formula is C12H15F2NO. The fourth-order valence-electron chi connectivity index (χ4n) is 2.08. The molecule has 1 heterocycles. The van der Waals surface area contributed by atoms with Crippen LogP contribution in [0.4, 0.5) is 14.5 Å². The fourth-order valence-corrected chi connectivity index (χ4v) is 2.08. The van der Waals surface area contributed by atoms with Gasteiger partial charge in [0.05, 0.1) is 12.3 Å². The number of rotatable bonds is 2. The lowest BCUT2D eigenvalue weighted by Gasteiger charge is -2.29. The van der Waals surface area contributed by atoms with Gasteiger partial charge in [-0.3, -0.25) is 0 Å². The minimum absolute atomic E-state index is 0.155. The van der Waals surface area contributed by atoms with Crippen molar-refractivity contribution in [3.63, 3.8) is 0 Å². The van der Waals surface area contributed by atoms with Gasteiger partial charge in [0, 0.05) is 24.7 Å². The van der Waals surface area contributed by atoms with E-state index in [0.717, 1.165) is 38.4 Å². The van der Waals surface area contributed by atoms with E-state index in [1.54, 1.807) is 0 Å².